The first-order valence-corrected chi connectivity index (χ1v) is 12.5. The lowest BCUT2D eigenvalue weighted by Crippen LogP contribution is -3.00. The maximum atomic E-state index is 11.3. The number of aliphatic hydroxyl groups excluding tert-OH is 1. The van der Waals surface area contributed by atoms with E-state index < -0.39 is 10.1 Å². The lowest BCUT2D eigenvalue weighted by atomic mass is 10.0. The maximum absolute atomic E-state index is 11.3. The Balaban J connectivity index is 0. The standard InChI is InChI=1S/C18H30O3S.C5H14NO.ClH/c1-2-3-4-5-6-7-8-9-10-11-14-17-15-12-13-16-18(17)22(19,20)21;1-6(2,3)4-5-7;/h12-13,15-16H,2-11,14H2,1H3,(H,19,20,21);7H,4-5H2,1-3H3;1H/q;+1;/p-1. The average molecular weight is 466 g/mol. The fourth-order valence-corrected chi connectivity index (χ4v) is 3.82. The molecular formula is C23H44ClNO4S. The Kier molecular flexibility index (Phi) is 18.9. The molecule has 0 aliphatic heterocycles. The molecule has 0 spiro atoms. The summed E-state index contributed by atoms with van der Waals surface area (Å²) in [6, 6.07) is 6.73. The van der Waals surface area contributed by atoms with Crippen LogP contribution in [0.15, 0.2) is 29.2 Å². The lowest BCUT2D eigenvalue weighted by Gasteiger charge is -2.21. The first-order chi connectivity index (χ1) is 13.6. The van der Waals surface area contributed by atoms with Crippen molar-refractivity contribution in [3.63, 3.8) is 0 Å². The SMILES string of the molecule is CCCCCCCCCCCCc1ccccc1S(=O)(=O)O.C[N+](C)(C)CCO.[Cl-]. The van der Waals surface area contributed by atoms with Gasteiger partial charge in [-0.25, -0.2) is 0 Å². The Bertz CT molecular complexity index is 630. The van der Waals surface area contributed by atoms with Crippen molar-refractivity contribution in [3.8, 4) is 0 Å². The van der Waals surface area contributed by atoms with Crippen LogP contribution in [0.1, 0.15) is 76.7 Å². The first-order valence-electron chi connectivity index (χ1n) is 11.1. The van der Waals surface area contributed by atoms with Crippen molar-refractivity contribution >= 4 is 10.1 Å². The van der Waals surface area contributed by atoms with Gasteiger partial charge in [-0.05, 0) is 24.5 Å². The average Bonchev–Trinajstić information content (AvgIpc) is 2.62. The molecule has 0 amide bonds. The number of hydrogen-bond acceptors (Lipinski definition) is 3. The second-order valence-corrected chi connectivity index (χ2v) is 10.1. The van der Waals surface area contributed by atoms with Gasteiger partial charge in [-0.3, -0.25) is 4.55 Å². The summed E-state index contributed by atoms with van der Waals surface area (Å²) >= 11 is 0. The van der Waals surface area contributed by atoms with E-state index in [2.05, 4.69) is 28.1 Å². The van der Waals surface area contributed by atoms with Crippen LogP contribution < -0.4 is 12.4 Å². The molecule has 1 aromatic rings. The van der Waals surface area contributed by atoms with Crippen molar-refractivity contribution in [3.05, 3.63) is 29.8 Å². The molecule has 0 unspecified atom stereocenters. The zero-order valence-electron chi connectivity index (χ0n) is 19.4. The number of halogens is 1. The highest BCUT2D eigenvalue weighted by Gasteiger charge is 2.13. The second-order valence-electron chi connectivity index (χ2n) is 8.75. The van der Waals surface area contributed by atoms with E-state index in [4.69, 9.17) is 5.11 Å². The van der Waals surface area contributed by atoms with Gasteiger partial charge in [-0.15, -0.1) is 0 Å². The van der Waals surface area contributed by atoms with E-state index in [1.165, 1.54) is 57.4 Å². The zero-order valence-corrected chi connectivity index (χ0v) is 21.0. The largest absolute Gasteiger partial charge is 1.00 e. The summed E-state index contributed by atoms with van der Waals surface area (Å²) in [4.78, 5) is 0.0610. The molecule has 0 atom stereocenters. The first kappa shape index (κ1) is 31.5. The molecule has 0 aliphatic rings. The van der Waals surface area contributed by atoms with Gasteiger partial charge in [0, 0.05) is 0 Å². The van der Waals surface area contributed by atoms with Crippen molar-refractivity contribution < 1.29 is 35.0 Å². The summed E-state index contributed by atoms with van der Waals surface area (Å²) in [6.45, 7) is 3.35. The van der Waals surface area contributed by atoms with Crippen LogP contribution in [0, 0.1) is 0 Å². The summed E-state index contributed by atoms with van der Waals surface area (Å²) < 4.78 is 32.6. The molecule has 0 saturated carbocycles. The van der Waals surface area contributed by atoms with E-state index in [-0.39, 0.29) is 23.9 Å². The molecule has 0 saturated heterocycles. The van der Waals surface area contributed by atoms with E-state index >= 15 is 0 Å². The monoisotopic (exact) mass is 465 g/mol. The number of unbranched alkanes of at least 4 members (excludes halogenated alkanes) is 9. The summed E-state index contributed by atoms with van der Waals surface area (Å²) in [5.74, 6) is 0. The van der Waals surface area contributed by atoms with Crippen LogP contribution >= 0.6 is 0 Å². The predicted octanol–water partition coefficient (Wildman–Crippen LogP) is 2.09. The lowest BCUT2D eigenvalue weighted by molar-refractivity contribution is -0.870. The number of aryl methyl sites for hydroxylation is 1. The molecule has 178 valence electrons. The number of hydrogen-bond donors (Lipinski definition) is 2. The summed E-state index contributed by atoms with van der Waals surface area (Å²) in [5.41, 5.74) is 0.726. The molecule has 5 nitrogen and oxygen atoms in total. The third-order valence-electron chi connectivity index (χ3n) is 4.82. The number of nitrogens with zero attached hydrogens (tertiary/aromatic N) is 1. The predicted molar refractivity (Wildman–Crippen MR) is 122 cm³/mol. The highest BCUT2D eigenvalue weighted by molar-refractivity contribution is 7.85. The van der Waals surface area contributed by atoms with Crippen LogP contribution in [0.25, 0.3) is 0 Å². The van der Waals surface area contributed by atoms with Crippen LogP contribution in [-0.2, 0) is 16.5 Å². The minimum atomic E-state index is -4.10. The summed E-state index contributed by atoms with van der Waals surface area (Å²) in [7, 11) is 2.06. The third-order valence-corrected chi connectivity index (χ3v) is 5.78. The van der Waals surface area contributed by atoms with Crippen LogP contribution in [0.5, 0.6) is 0 Å². The fourth-order valence-electron chi connectivity index (χ4n) is 3.06. The van der Waals surface area contributed by atoms with Gasteiger partial charge in [0.05, 0.1) is 32.6 Å². The second kappa shape index (κ2) is 18.0. The van der Waals surface area contributed by atoms with Gasteiger partial charge < -0.3 is 22.0 Å². The van der Waals surface area contributed by atoms with E-state index in [1.54, 1.807) is 12.1 Å². The van der Waals surface area contributed by atoms with Crippen molar-refractivity contribution in [2.75, 3.05) is 34.3 Å². The molecule has 0 fully saturated rings. The normalized spacial score (nSPS) is 11.4. The van der Waals surface area contributed by atoms with Gasteiger partial charge in [0.1, 0.15) is 6.54 Å². The third kappa shape index (κ3) is 18.1. The molecule has 0 radical (unpaired) electrons. The Labute approximate surface area is 191 Å². The quantitative estimate of drug-likeness (QED) is 0.250. The van der Waals surface area contributed by atoms with Crippen LogP contribution in [0.3, 0.4) is 0 Å². The molecule has 1 aromatic carbocycles. The minimum Gasteiger partial charge on any atom is -1.00 e. The van der Waals surface area contributed by atoms with E-state index in [0.717, 1.165) is 29.4 Å². The van der Waals surface area contributed by atoms with Gasteiger partial charge in [0.15, 0.2) is 0 Å². The maximum Gasteiger partial charge on any atom is 0.294 e. The Morgan fingerprint density at radius 3 is 1.70 bits per heavy atom. The molecule has 1 rings (SSSR count). The molecular weight excluding hydrogens is 422 g/mol. The van der Waals surface area contributed by atoms with Gasteiger partial charge in [-0.1, -0.05) is 82.9 Å². The van der Waals surface area contributed by atoms with Crippen molar-refractivity contribution in [1.29, 1.82) is 0 Å². The zero-order chi connectivity index (χ0) is 22.2. The molecule has 0 aromatic heterocycles. The molecule has 0 heterocycles. The minimum absolute atomic E-state index is 0. The number of benzene rings is 1. The van der Waals surface area contributed by atoms with Gasteiger partial charge in [0.2, 0.25) is 0 Å². The van der Waals surface area contributed by atoms with Crippen LogP contribution in [-0.4, -0.2) is 56.9 Å². The number of aliphatic hydroxyl groups is 1. The summed E-state index contributed by atoms with van der Waals surface area (Å²) in [6.07, 6.45) is 13.3. The molecule has 2 N–H and O–H groups in total. The van der Waals surface area contributed by atoms with Gasteiger partial charge in [0.25, 0.3) is 10.1 Å². The number of rotatable bonds is 14. The number of likely N-dealkylation sites (N-methyl/N-ethyl adjacent to an activating group) is 1. The van der Waals surface area contributed by atoms with E-state index in [1.807, 2.05) is 6.07 Å². The Morgan fingerprint density at radius 2 is 1.30 bits per heavy atom. The topological polar surface area (TPSA) is 74.6 Å². The summed E-state index contributed by atoms with van der Waals surface area (Å²) in [5, 5.41) is 8.39. The van der Waals surface area contributed by atoms with E-state index in [0.29, 0.717) is 6.42 Å². The smallest absolute Gasteiger partial charge is 0.294 e. The van der Waals surface area contributed by atoms with Crippen molar-refractivity contribution in [1.82, 2.24) is 0 Å². The van der Waals surface area contributed by atoms with Gasteiger partial charge >= 0.3 is 0 Å². The highest BCUT2D eigenvalue weighted by Crippen LogP contribution is 2.18. The van der Waals surface area contributed by atoms with Gasteiger partial charge in [-0.2, -0.15) is 8.42 Å². The Hall–Kier alpha value is -0.660. The number of quaternary nitrogens is 1. The van der Waals surface area contributed by atoms with Crippen molar-refractivity contribution in [2.45, 2.75) is 82.4 Å². The van der Waals surface area contributed by atoms with Crippen LogP contribution in [0.4, 0.5) is 0 Å². The fraction of sp³-hybridized carbons (Fsp3) is 0.739. The molecule has 0 bridgehead atoms. The Morgan fingerprint density at radius 1 is 0.833 bits per heavy atom. The van der Waals surface area contributed by atoms with E-state index in [9.17, 15) is 13.0 Å². The molecule has 30 heavy (non-hydrogen) atoms. The van der Waals surface area contributed by atoms with Crippen molar-refractivity contribution in [2.24, 2.45) is 0 Å². The molecule has 0 aliphatic carbocycles. The molecule has 7 heteroatoms. The van der Waals surface area contributed by atoms with Crippen LogP contribution in [0.2, 0.25) is 0 Å². The highest BCUT2D eigenvalue weighted by atomic mass is 35.5.